The Balaban J connectivity index is 1.72. The van der Waals surface area contributed by atoms with Gasteiger partial charge in [0.2, 0.25) is 20.0 Å². The van der Waals surface area contributed by atoms with Gasteiger partial charge in [-0.1, -0.05) is 24.3 Å². The first-order chi connectivity index (χ1) is 13.2. The summed E-state index contributed by atoms with van der Waals surface area (Å²) in [6.45, 7) is -0.0633. The number of rotatable bonds is 5. The fourth-order valence-corrected chi connectivity index (χ4v) is 6.11. The van der Waals surface area contributed by atoms with Crippen LogP contribution in [0.5, 0.6) is 0 Å². The minimum atomic E-state index is -3.90. The summed E-state index contributed by atoms with van der Waals surface area (Å²) in [5, 5.41) is 9.14. The Morgan fingerprint density at radius 2 is 1.57 bits per heavy atom. The Morgan fingerprint density at radius 1 is 0.929 bits per heavy atom. The number of sulfonamides is 2. The van der Waals surface area contributed by atoms with E-state index in [1.807, 2.05) is 6.07 Å². The molecule has 0 atom stereocenters. The molecule has 10 heteroatoms. The van der Waals surface area contributed by atoms with Crippen LogP contribution in [0.25, 0.3) is 0 Å². The highest BCUT2D eigenvalue weighted by Crippen LogP contribution is 2.22. The van der Waals surface area contributed by atoms with Crippen LogP contribution in [-0.2, 0) is 25.8 Å². The van der Waals surface area contributed by atoms with Gasteiger partial charge in [-0.05, 0) is 29.8 Å². The van der Waals surface area contributed by atoms with Crippen LogP contribution in [0.3, 0.4) is 0 Å². The van der Waals surface area contributed by atoms with Crippen molar-refractivity contribution in [1.29, 1.82) is 5.26 Å². The summed E-state index contributed by atoms with van der Waals surface area (Å²) < 4.78 is 66.5. The van der Waals surface area contributed by atoms with Crippen molar-refractivity contribution >= 4 is 20.0 Å². The van der Waals surface area contributed by atoms with Gasteiger partial charge >= 0.3 is 0 Å². The van der Waals surface area contributed by atoms with Crippen molar-refractivity contribution in [2.45, 2.75) is 10.6 Å². The van der Waals surface area contributed by atoms with Gasteiger partial charge in [-0.25, -0.2) is 21.2 Å². The lowest BCUT2D eigenvalue weighted by Crippen LogP contribution is -2.50. The lowest BCUT2D eigenvalue weighted by Gasteiger charge is -2.33. The average Bonchev–Trinajstić information content (AvgIpc) is 2.67. The lowest BCUT2D eigenvalue weighted by molar-refractivity contribution is 0.272. The number of benzene rings is 2. The molecule has 0 aromatic heterocycles. The minimum absolute atomic E-state index is 0.00833. The zero-order valence-electron chi connectivity index (χ0n) is 14.8. The SMILES string of the molecule is N#Cc1ccccc1S(=O)(=O)N1CCN(S(=O)(=O)Cc2cccc(F)c2)CC1. The van der Waals surface area contributed by atoms with Crippen LogP contribution in [0.4, 0.5) is 4.39 Å². The van der Waals surface area contributed by atoms with Crippen molar-refractivity contribution in [3.63, 3.8) is 0 Å². The van der Waals surface area contributed by atoms with Crippen molar-refractivity contribution < 1.29 is 21.2 Å². The number of hydrogen-bond acceptors (Lipinski definition) is 5. The molecule has 1 heterocycles. The summed E-state index contributed by atoms with van der Waals surface area (Å²) in [6, 6.07) is 13.1. The van der Waals surface area contributed by atoms with E-state index < -0.39 is 25.9 Å². The molecule has 2 aromatic rings. The Bertz CT molecular complexity index is 1120. The van der Waals surface area contributed by atoms with Gasteiger partial charge in [-0.15, -0.1) is 0 Å². The molecule has 1 aliphatic heterocycles. The zero-order valence-corrected chi connectivity index (χ0v) is 16.5. The second-order valence-electron chi connectivity index (χ2n) is 6.30. The average molecular weight is 423 g/mol. The van der Waals surface area contributed by atoms with E-state index in [0.29, 0.717) is 5.56 Å². The molecule has 0 bridgehead atoms. The number of piperazine rings is 1. The normalized spacial score (nSPS) is 16.6. The number of hydrogen-bond donors (Lipinski definition) is 0. The standard InChI is InChI=1S/C18H18FN3O4S2/c19-17-6-3-4-15(12-17)14-27(23,24)21-8-10-22(11-9-21)28(25,26)18-7-2-1-5-16(18)13-20/h1-7,12H,8-11,14H2. The van der Waals surface area contributed by atoms with E-state index in [-0.39, 0.29) is 42.4 Å². The molecule has 7 nitrogen and oxygen atoms in total. The third-order valence-electron chi connectivity index (χ3n) is 4.45. The molecule has 0 amide bonds. The Morgan fingerprint density at radius 3 is 2.21 bits per heavy atom. The maximum Gasteiger partial charge on any atom is 0.244 e. The summed E-state index contributed by atoms with van der Waals surface area (Å²) in [7, 11) is -7.61. The van der Waals surface area contributed by atoms with Gasteiger partial charge in [0.25, 0.3) is 0 Å². The van der Waals surface area contributed by atoms with E-state index in [9.17, 15) is 21.2 Å². The molecule has 1 saturated heterocycles. The summed E-state index contributed by atoms with van der Waals surface area (Å²) in [5.41, 5.74) is 0.377. The topological polar surface area (TPSA) is 98.5 Å². The highest BCUT2D eigenvalue weighted by atomic mass is 32.2. The zero-order chi connectivity index (χ0) is 20.4. The monoisotopic (exact) mass is 423 g/mol. The molecule has 0 aliphatic carbocycles. The van der Waals surface area contributed by atoms with Crippen LogP contribution >= 0.6 is 0 Å². The van der Waals surface area contributed by atoms with Gasteiger partial charge in [0, 0.05) is 26.2 Å². The van der Waals surface area contributed by atoms with E-state index >= 15 is 0 Å². The molecule has 1 aliphatic rings. The van der Waals surface area contributed by atoms with E-state index in [1.165, 1.54) is 45.0 Å². The lowest BCUT2D eigenvalue weighted by atomic mass is 10.2. The Kier molecular flexibility index (Phi) is 5.81. The molecule has 28 heavy (non-hydrogen) atoms. The first-order valence-electron chi connectivity index (χ1n) is 8.45. The largest absolute Gasteiger partial charge is 0.244 e. The molecule has 2 aromatic carbocycles. The minimum Gasteiger partial charge on any atom is -0.212 e. The maximum atomic E-state index is 13.3. The van der Waals surface area contributed by atoms with Gasteiger partial charge in [-0.3, -0.25) is 0 Å². The fourth-order valence-electron chi connectivity index (χ4n) is 3.04. The van der Waals surface area contributed by atoms with Crippen molar-refractivity contribution in [2.75, 3.05) is 26.2 Å². The number of nitrogens with zero attached hydrogens (tertiary/aromatic N) is 3. The van der Waals surface area contributed by atoms with Gasteiger partial charge in [-0.2, -0.15) is 13.9 Å². The second-order valence-corrected chi connectivity index (χ2v) is 10.2. The summed E-state index contributed by atoms with van der Waals surface area (Å²) >= 11 is 0. The molecule has 0 unspecified atom stereocenters. The van der Waals surface area contributed by atoms with Crippen LogP contribution in [0.15, 0.2) is 53.4 Å². The molecule has 0 saturated carbocycles. The number of halogens is 1. The third kappa shape index (κ3) is 4.23. The quantitative estimate of drug-likeness (QED) is 0.726. The maximum absolute atomic E-state index is 13.3. The van der Waals surface area contributed by atoms with Crippen molar-refractivity contribution in [2.24, 2.45) is 0 Å². The third-order valence-corrected chi connectivity index (χ3v) is 8.26. The molecule has 148 valence electrons. The molecule has 3 rings (SSSR count). The first kappa shape index (κ1) is 20.4. The molecule has 0 N–H and O–H groups in total. The molecule has 1 fully saturated rings. The van der Waals surface area contributed by atoms with Gasteiger partial charge in [0.15, 0.2) is 0 Å². The van der Waals surface area contributed by atoms with E-state index in [0.717, 1.165) is 6.07 Å². The first-order valence-corrected chi connectivity index (χ1v) is 11.5. The number of nitriles is 1. The highest BCUT2D eigenvalue weighted by molar-refractivity contribution is 7.89. The van der Waals surface area contributed by atoms with Gasteiger partial charge in [0.05, 0.1) is 16.2 Å². The molecular weight excluding hydrogens is 405 g/mol. The van der Waals surface area contributed by atoms with Gasteiger partial charge < -0.3 is 0 Å². The van der Waals surface area contributed by atoms with Crippen molar-refractivity contribution in [3.8, 4) is 6.07 Å². The molecular formula is C18H18FN3O4S2. The Labute approximate surface area is 163 Å². The van der Waals surface area contributed by atoms with Crippen LogP contribution in [-0.4, -0.2) is 51.6 Å². The van der Waals surface area contributed by atoms with E-state index in [4.69, 9.17) is 5.26 Å². The summed E-state index contributed by atoms with van der Waals surface area (Å²) in [6.07, 6.45) is 0. The van der Waals surface area contributed by atoms with Crippen LogP contribution in [0.2, 0.25) is 0 Å². The van der Waals surface area contributed by atoms with E-state index in [2.05, 4.69) is 0 Å². The van der Waals surface area contributed by atoms with E-state index in [1.54, 1.807) is 6.07 Å². The van der Waals surface area contributed by atoms with Crippen LogP contribution in [0.1, 0.15) is 11.1 Å². The molecule has 0 radical (unpaired) electrons. The Hall–Kier alpha value is -2.32. The van der Waals surface area contributed by atoms with Crippen molar-refractivity contribution in [3.05, 3.63) is 65.5 Å². The van der Waals surface area contributed by atoms with Crippen LogP contribution < -0.4 is 0 Å². The van der Waals surface area contributed by atoms with Crippen molar-refractivity contribution in [1.82, 2.24) is 8.61 Å². The second kappa shape index (κ2) is 7.97. The molecule has 0 spiro atoms. The predicted molar refractivity (Wildman–Crippen MR) is 101 cm³/mol. The highest BCUT2D eigenvalue weighted by Gasteiger charge is 2.34. The summed E-state index contributed by atoms with van der Waals surface area (Å²) in [5.74, 6) is -0.867. The fraction of sp³-hybridized carbons (Fsp3) is 0.278. The smallest absolute Gasteiger partial charge is 0.212 e. The summed E-state index contributed by atoms with van der Waals surface area (Å²) in [4.78, 5) is -0.0893. The predicted octanol–water partition coefficient (Wildman–Crippen LogP) is 1.53. The van der Waals surface area contributed by atoms with Gasteiger partial charge in [0.1, 0.15) is 11.9 Å². The van der Waals surface area contributed by atoms with Crippen LogP contribution in [0, 0.1) is 17.1 Å².